The van der Waals surface area contributed by atoms with Crippen LogP contribution in [0, 0.1) is 11.6 Å². The van der Waals surface area contributed by atoms with Crippen molar-refractivity contribution in [1.82, 2.24) is 9.97 Å². The van der Waals surface area contributed by atoms with Gasteiger partial charge in [0.15, 0.2) is 0 Å². The van der Waals surface area contributed by atoms with E-state index in [0.717, 1.165) is 15.4 Å². The highest BCUT2D eigenvalue weighted by Crippen LogP contribution is 2.24. The molecule has 0 saturated heterocycles. The van der Waals surface area contributed by atoms with Gasteiger partial charge in [0.05, 0.1) is 11.8 Å². The van der Waals surface area contributed by atoms with E-state index in [9.17, 15) is 0 Å². The number of halogens is 1. The van der Waals surface area contributed by atoms with Crippen LogP contribution in [-0.4, -0.2) is 9.97 Å². The highest BCUT2D eigenvalue weighted by Gasteiger charge is 2.02. The second-order valence-corrected chi connectivity index (χ2v) is 4.06. The molecule has 0 spiro atoms. The second-order valence-electron chi connectivity index (χ2n) is 2.82. The first-order valence-corrected chi connectivity index (χ1v) is 5.03. The van der Waals surface area contributed by atoms with Gasteiger partial charge in [0.25, 0.3) is 0 Å². The first kappa shape index (κ1) is 8.84. The van der Waals surface area contributed by atoms with Gasteiger partial charge in [0.2, 0.25) is 0 Å². The molecule has 2 nitrogen and oxygen atoms in total. The molecule has 1 aromatic heterocycles. The van der Waals surface area contributed by atoms with Gasteiger partial charge in [-0.05, 0) is 34.5 Å². The molecule has 0 atom stereocenters. The number of H-pyrrole nitrogens is 1. The maximum absolute atomic E-state index is 5.14. The number of nitrogens with zero attached hydrogens (tertiary/aromatic N) is 1. The summed E-state index contributed by atoms with van der Waals surface area (Å²) in [6.07, 6.45) is 1.63. The smallest absolute Gasteiger partial charge is 0.138 e. The molecular formula is C9H7BrN2S. The van der Waals surface area contributed by atoms with Gasteiger partial charge in [-0.1, -0.05) is 18.3 Å². The fourth-order valence-electron chi connectivity index (χ4n) is 1.30. The van der Waals surface area contributed by atoms with Gasteiger partial charge in [-0.15, -0.1) is 0 Å². The molecule has 1 N–H and O–H groups in total. The van der Waals surface area contributed by atoms with Crippen LogP contribution in [0.4, 0.5) is 0 Å². The average molecular weight is 255 g/mol. The highest BCUT2D eigenvalue weighted by molar-refractivity contribution is 9.10. The van der Waals surface area contributed by atoms with E-state index in [2.05, 4.69) is 25.9 Å². The Labute approximate surface area is 89.1 Å². The van der Waals surface area contributed by atoms with Crippen LogP contribution in [-0.2, 0) is 0 Å². The first-order valence-electron chi connectivity index (χ1n) is 3.82. The first-order chi connectivity index (χ1) is 6.20. The molecule has 0 fully saturated rings. The number of fused-ring (bicyclic) bond motifs is 1. The van der Waals surface area contributed by atoms with E-state index in [-0.39, 0.29) is 0 Å². The van der Waals surface area contributed by atoms with Gasteiger partial charge in [-0.25, -0.2) is 4.98 Å². The van der Waals surface area contributed by atoms with Crippen molar-refractivity contribution in [3.8, 4) is 0 Å². The number of nitrogens with one attached hydrogen (secondary N) is 1. The summed E-state index contributed by atoms with van der Waals surface area (Å²) in [6, 6.07) is 4.03. The summed E-state index contributed by atoms with van der Waals surface area (Å²) in [5.74, 6) is 0. The maximum Gasteiger partial charge on any atom is 0.138 e. The van der Waals surface area contributed by atoms with E-state index < -0.39 is 0 Å². The molecule has 13 heavy (non-hydrogen) atoms. The molecule has 0 unspecified atom stereocenters. The van der Waals surface area contributed by atoms with Crippen molar-refractivity contribution in [2.45, 2.75) is 6.92 Å². The van der Waals surface area contributed by atoms with Gasteiger partial charge >= 0.3 is 0 Å². The summed E-state index contributed by atoms with van der Waals surface area (Å²) in [6.45, 7) is 2.04. The molecule has 0 aliphatic heterocycles. The highest BCUT2D eigenvalue weighted by atomic mass is 79.9. The lowest BCUT2D eigenvalue weighted by Gasteiger charge is -2.02. The Morgan fingerprint density at radius 2 is 2.23 bits per heavy atom. The molecule has 66 valence electrons. The maximum atomic E-state index is 5.14. The molecule has 0 aliphatic carbocycles. The van der Waals surface area contributed by atoms with Crippen LogP contribution < -0.4 is 0 Å². The Bertz CT molecular complexity index is 518. The Balaban J connectivity index is 3.09. The molecule has 4 heteroatoms. The largest absolute Gasteiger partial charge is 0.346 e. The Morgan fingerprint density at radius 1 is 1.46 bits per heavy atom. The number of benzene rings is 1. The van der Waals surface area contributed by atoms with E-state index in [0.29, 0.717) is 4.64 Å². The van der Waals surface area contributed by atoms with Crippen LogP contribution >= 0.6 is 28.1 Å². The molecule has 0 radical (unpaired) electrons. The Kier molecular flexibility index (Phi) is 2.17. The Morgan fingerprint density at radius 3 is 2.92 bits per heavy atom. The minimum atomic E-state index is 0.629. The van der Waals surface area contributed by atoms with Gasteiger partial charge < -0.3 is 4.98 Å². The number of aromatic amines is 1. The average Bonchev–Trinajstić information content (AvgIpc) is 2.12. The number of aryl methyl sites for hydroxylation is 1. The summed E-state index contributed by atoms with van der Waals surface area (Å²) in [5.41, 5.74) is 2.22. The van der Waals surface area contributed by atoms with Gasteiger partial charge in [-0.2, -0.15) is 0 Å². The van der Waals surface area contributed by atoms with Crippen molar-refractivity contribution in [3.63, 3.8) is 0 Å². The van der Waals surface area contributed by atoms with Crippen LogP contribution in [0.25, 0.3) is 10.9 Å². The van der Waals surface area contributed by atoms with Gasteiger partial charge in [0.1, 0.15) is 4.64 Å². The van der Waals surface area contributed by atoms with E-state index in [1.165, 1.54) is 5.56 Å². The van der Waals surface area contributed by atoms with E-state index in [1.807, 2.05) is 19.1 Å². The third-order valence-corrected chi connectivity index (χ3v) is 2.94. The summed E-state index contributed by atoms with van der Waals surface area (Å²) in [4.78, 5) is 7.13. The van der Waals surface area contributed by atoms with Crippen molar-refractivity contribution in [2.75, 3.05) is 0 Å². The normalized spacial score (nSPS) is 10.6. The van der Waals surface area contributed by atoms with Crippen molar-refractivity contribution in [2.24, 2.45) is 0 Å². The molecule has 2 rings (SSSR count). The monoisotopic (exact) mass is 254 g/mol. The molecule has 2 aromatic rings. The molecule has 1 aromatic carbocycles. The molecule has 0 amide bonds. The van der Waals surface area contributed by atoms with Gasteiger partial charge in [-0.3, -0.25) is 0 Å². The standard InChI is InChI=1S/C9H7BrN2S/c1-5-2-3-6(10)7-8(5)11-4-12-9(7)13/h2-4H,1H3,(H,11,12,13). The van der Waals surface area contributed by atoms with Crippen molar-refractivity contribution < 1.29 is 0 Å². The summed E-state index contributed by atoms with van der Waals surface area (Å²) >= 11 is 8.59. The predicted octanol–water partition coefficient (Wildman–Crippen LogP) is 3.36. The van der Waals surface area contributed by atoms with Gasteiger partial charge in [0, 0.05) is 9.86 Å². The van der Waals surface area contributed by atoms with Crippen LogP contribution in [0.15, 0.2) is 22.9 Å². The van der Waals surface area contributed by atoms with Crippen LogP contribution in [0.2, 0.25) is 0 Å². The second kappa shape index (κ2) is 3.20. The number of hydrogen-bond acceptors (Lipinski definition) is 2. The Hall–Kier alpha value is -0.740. The third kappa shape index (κ3) is 1.40. The predicted molar refractivity (Wildman–Crippen MR) is 59.4 cm³/mol. The number of hydrogen-bond donors (Lipinski definition) is 1. The van der Waals surface area contributed by atoms with Crippen molar-refractivity contribution in [1.29, 1.82) is 0 Å². The lowest BCUT2D eigenvalue weighted by Crippen LogP contribution is -1.87. The molecular weight excluding hydrogens is 248 g/mol. The fourth-order valence-corrected chi connectivity index (χ4v) is 2.21. The lowest BCUT2D eigenvalue weighted by molar-refractivity contribution is 1.19. The van der Waals surface area contributed by atoms with Crippen LogP contribution in [0.1, 0.15) is 5.56 Å². The van der Waals surface area contributed by atoms with Crippen LogP contribution in [0.5, 0.6) is 0 Å². The minimum absolute atomic E-state index is 0.629. The van der Waals surface area contributed by atoms with E-state index in [1.54, 1.807) is 6.33 Å². The zero-order chi connectivity index (χ0) is 9.42. The van der Waals surface area contributed by atoms with Crippen molar-refractivity contribution in [3.05, 3.63) is 33.1 Å². The lowest BCUT2D eigenvalue weighted by atomic mass is 10.1. The summed E-state index contributed by atoms with van der Waals surface area (Å²) in [7, 11) is 0. The molecule has 1 heterocycles. The SMILES string of the molecule is Cc1ccc(Br)c2c(=S)nc[nH]c12. The number of rotatable bonds is 0. The third-order valence-electron chi connectivity index (χ3n) is 1.97. The summed E-state index contributed by atoms with van der Waals surface area (Å²) in [5, 5.41) is 0.984. The van der Waals surface area contributed by atoms with Crippen molar-refractivity contribution >= 4 is 39.1 Å². The molecule has 0 saturated carbocycles. The fraction of sp³-hybridized carbons (Fsp3) is 0.111. The van der Waals surface area contributed by atoms with E-state index in [4.69, 9.17) is 12.2 Å². The zero-order valence-corrected chi connectivity index (χ0v) is 9.37. The minimum Gasteiger partial charge on any atom is -0.346 e. The summed E-state index contributed by atoms with van der Waals surface area (Å²) < 4.78 is 1.62. The van der Waals surface area contributed by atoms with E-state index >= 15 is 0 Å². The zero-order valence-electron chi connectivity index (χ0n) is 6.97. The quantitative estimate of drug-likeness (QED) is 0.731. The van der Waals surface area contributed by atoms with Crippen LogP contribution in [0.3, 0.4) is 0 Å². The molecule has 0 bridgehead atoms. The molecule has 0 aliphatic rings. The number of aromatic nitrogens is 2. The topological polar surface area (TPSA) is 28.7 Å².